The van der Waals surface area contributed by atoms with E-state index in [9.17, 15) is 9.59 Å². The Morgan fingerprint density at radius 2 is 2.24 bits per heavy atom. The largest absolute Gasteiger partial charge is 0.368 e. The molecule has 0 unspecified atom stereocenters. The standard InChI is InChI=1S/C12H21N3O2/c1-8(10(13)16)15-11(17)12-5-3-2-4-9(12)6-14-7-12/h8-9,14H,2-7H2,1H3,(H2,13,16)(H,15,17)/t8-,9-,12+/m0/s1. The molecule has 1 aliphatic carbocycles. The van der Waals surface area contributed by atoms with Crippen molar-refractivity contribution >= 4 is 11.8 Å². The monoisotopic (exact) mass is 239 g/mol. The molecule has 0 aromatic rings. The molecule has 0 radical (unpaired) electrons. The van der Waals surface area contributed by atoms with Gasteiger partial charge in [-0.2, -0.15) is 0 Å². The predicted molar refractivity (Wildman–Crippen MR) is 64.1 cm³/mol. The van der Waals surface area contributed by atoms with E-state index in [-0.39, 0.29) is 11.3 Å². The Bertz CT molecular complexity index is 332. The van der Waals surface area contributed by atoms with Crippen molar-refractivity contribution in [3.05, 3.63) is 0 Å². The molecule has 2 aliphatic rings. The van der Waals surface area contributed by atoms with E-state index in [2.05, 4.69) is 10.6 Å². The van der Waals surface area contributed by atoms with E-state index in [1.165, 1.54) is 6.42 Å². The van der Waals surface area contributed by atoms with Gasteiger partial charge >= 0.3 is 0 Å². The smallest absolute Gasteiger partial charge is 0.239 e. The number of carbonyl (C=O) groups excluding carboxylic acids is 2. The highest BCUT2D eigenvalue weighted by atomic mass is 16.2. The second kappa shape index (κ2) is 4.64. The summed E-state index contributed by atoms with van der Waals surface area (Å²) in [6, 6.07) is -0.583. The molecule has 0 aromatic heterocycles. The molecular weight excluding hydrogens is 218 g/mol. The van der Waals surface area contributed by atoms with Crippen molar-refractivity contribution in [2.45, 2.75) is 38.6 Å². The number of hydrogen-bond acceptors (Lipinski definition) is 3. The maximum atomic E-state index is 12.4. The molecule has 5 heteroatoms. The van der Waals surface area contributed by atoms with Crippen LogP contribution in [0.3, 0.4) is 0 Å². The summed E-state index contributed by atoms with van der Waals surface area (Å²) in [5.41, 5.74) is 4.88. The van der Waals surface area contributed by atoms with Crippen molar-refractivity contribution in [1.29, 1.82) is 0 Å². The number of fused-ring (bicyclic) bond motifs is 1. The number of primary amides is 1. The average Bonchev–Trinajstić information content (AvgIpc) is 2.73. The molecule has 1 heterocycles. The Kier molecular flexibility index (Phi) is 3.38. The molecule has 0 spiro atoms. The molecule has 2 fully saturated rings. The fraction of sp³-hybridized carbons (Fsp3) is 0.833. The van der Waals surface area contributed by atoms with Crippen LogP contribution in [0.15, 0.2) is 0 Å². The van der Waals surface area contributed by atoms with Gasteiger partial charge in [-0.3, -0.25) is 9.59 Å². The summed E-state index contributed by atoms with van der Waals surface area (Å²) in [7, 11) is 0. The van der Waals surface area contributed by atoms with Crippen molar-refractivity contribution in [3.8, 4) is 0 Å². The Morgan fingerprint density at radius 3 is 2.94 bits per heavy atom. The second-order valence-electron chi connectivity index (χ2n) is 5.33. The maximum Gasteiger partial charge on any atom is 0.239 e. The highest BCUT2D eigenvalue weighted by molar-refractivity contribution is 5.89. The predicted octanol–water partition coefficient (Wildman–Crippen LogP) is -0.244. The highest BCUT2D eigenvalue weighted by Gasteiger charge is 2.50. The van der Waals surface area contributed by atoms with E-state index in [4.69, 9.17) is 5.73 Å². The maximum absolute atomic E-state index is 12.4. The molecule has 17 heavy (non-hydrogen) atoms. The summed E-state index contributed by atoms with van der Waals surface area (Å²) in [5, 5.41) is 6.07. The quantitative estimate of drug-likeness (QED) is 0.635. The van der Waals surface area contributed by atoms with Gasteiger partial charge in [0.15, 0.2) is 0 Å². The van der Waals surface area contributed by atoms with Crippen LogP contribution in [0.5, 0.6) is 0 Å². The Balaban J connectivity index is 2.08. The van der Waals surface area contributed by atoms with Gasteiger partial charge in [0.2, 0.25) is 11.8 Å². The lowest BCUT2D eigenvalue weighted by Crippen LogP contribution is -2.53. The van der Waals surface area contributed by atoms with Gasteiger partial charge in [0.1, 0.15) is 6.04 Å². The lowest BCUT2D eigenvalue weighted by atomic mass is 9.67. The minimum absolute atomic E-state index is 0.00139. The van der Waals surface area contributed by atoms with Gasteiger partial charge in [0.25, 0.3) is 0 Å². The van der Waals surface area contributed by atoms with Gasteiger partial charge in [-0.25, -0.2) is 0 Å². The molecule has 0 aromatic carbocycles. The van der Waals surface area contributed by atoms with Crippen LogP contribution in [0.2, 0.25) is 0 Å². The van der Waals surface area contributed by atoms with E-state index < -0.39 is 11.9 Å². The number of nitrogens with one attached hydrogen (secondary N) is 2. The third-order valence-corrected chi connectivity index (χ3v) is 4.26. The van der Waals surface area contributed by atoms with Crippen molar-refractivity contribution in [2.75, 3.05) is 13.1 Å². The summed E-state index contributed by atoms with van der Waals surface area (Å²) in [5.74, 6) is -0.0668. The van der Waals surface area contributed by atoms with Gasteiger partial charge in [0.05, 0.1) is 5.41 Å². The molecule has 3 atom stereocenters. The minimum atomic E-state index is -0.583. The summed E-state index contributed by atoms with van der Waals surface area (Å²) >= 11 is 0. The first-order valence-corrected chi connectivity index (χ1v) is 6.37. The Morgan fingerprint density at radius 1 is 1.47 bits per heavy atom. The molecule has 1 saturated carbocycles. The lowest BCUT2D eigenvalue weighted by molar-refractivity contribution is -0.137. The zero-order valence-corrected chi connectivity index (χ0v) is 10.3. The van der Waals surface area contributed by atoms with Crippen molar-refractivity contribution < 1.29 is 9.59 Å². The second-order valence-corrected chi connectivity index (χ2v) is 5.33. The number of hydrogen-bond donors (Lipinski definition) is 3. The van der Waals surface area contributed by atoms with Crippen LogP contribution in [0.1, 0.15) is 32.6 Å². The lowest BCUT2D eigenvalue weighted by Gasteiger charge is -2.37. The molecule has 2 amide bonds. The normalized spacial score (nSPS) is 33.8. The third kappa shape index (κ3) is 2.16. The fourth-order valence-electron chi connectivity index (χ4n) is 3.10. The van der Waals surface area contributed by atoms with Crippen LogP contribution in [0, 0.1) is 11.3 Å². The van der Waals surface area contributed by atoms with E-state index >= 15 is 0 Å². The van der Waals surface area contributed by atoms with Crippen molar-refractivity contribution in [2.24, 2.45) is 17.1 Å². The molecule has 5 nitrogen and oxygen atoms in total. The molecule has 4 N–H and O–H groups in total. The zero-order valence-electron chi connectivity index (χ0n) is 10.3. The van der Waals surface area contributed by atoms with Gasteiger partial charge < -0.3 is 16.4 Å². The van der Waals surface area contributed by atoms with Crippen LogP contribution in [0.4, 0.5) is 0 Å². The van der Waals surface area contributed by atoms with Crippen molar-refractivity contribution in [3.63, 3.8) is 0 Å². The van der Waals surface area contributed by atoms with Gasteiger partial charge in [-0.1, -0.05) is 12.8 Å². The SMILES string of the molecule is C[C@H](NC(=O)[C@@]12CCCC[C@H]1CNC2)C(N)=O. The number of rotatable bonds is 3. The first-order chi connectivity index (χ1) is 8.06. The highest BCUT2D eigenvalue weighted by Crippen LogP contribution is 2.43. The first-order valence-electron chi connectivity index (χ1n) is 6.37. The number of amides is 2. The summed E-state index contributed by atoms with van der Waals surface area (Å²) in [4.78, 5) is 23.4. The summed E-state index contributed by atoms with van der Waals surface area (Å²) in [6.45, 7) is 3.28. The van der Waals surface area contributed by atoms with Crippen LogP contribution >= 0.6 is 0 Å². The Labute approximate surface area is 102 Å². The molecule has 1 saturated heterocycles. The third-order valence-electron chi connectivity index (χ3n) is 4.26. The fourth-order valence-corrected chi connectivity index (χ4v) is 3.10. The van der Waals surface area contributed by atoms with Gasteiger partial charge in [0, 0.05) is 6.54 Å². The van der Waals surface area contributed by atoms with E-state index in [0.717, 1.165) is 32.4 Å². The van der Waals surface area contributed by atoms with E-state index in [1.807, 2.05) is 0 Å². The zero-order chi connectivity index (χ0) is 12.5. The average molecular weight is 239 g/mol. The van der Waals surface area contributed by atoms with Crippen LogP contribution in [-0.4, -0.2) is 30.9 Å². The van der Waals surface area contributed by atoms with E-state index in [1.54, 1.807) is 6.92 Å². The first kappa shape index (κ1) is 12.4. The van der Waals surface area contributed by atoms with Gasteiger partial charge in [-0.05, 0) is 32.2 Å². The molecular formula is C12H21N3O2. The topological polar surface area (TPSA) is 84.2 Å². The van der Waals surface area contributed by atoms with Crippen LogP contribution in [-0.2, 0) is 9.59 Å². The summed E-state index contributed by atoms with van der Waals surface area (Å²) in [6.07, 6.45) is 4.32. The number of carbonyl (C=O) groups is 2. The molecule has 0 bridgehead atoms. The van der Waals surface area contributed by atoms with Crippen LogP contribution < -0.4 is 16.4 Å². The molecule has 2 rings (SSSR count). The van der Waals surface area contributed by atoms with Gasteiger partial charge in [-0.15, -0.1) is 0 Å². The summed E-state index contributed by atoms with van der Waals surface area (Å²) < 4.78 is 0. The Hall–Kier alpha value is -1.10. The number of nitrogens with two attached hydrogens (primary N) is 1. The molecule has 96 valence electrons. The van der Waals surface area contributed by atoms with Crippen molar-refractivity contribution in [1.82, 2.24) is 10.6 Å². The minimum Gasteiger partial charge on any atom is -0.368 e. The van der Waals surface area contributed by atoms with E-state index in [0.29, 0.717) is 5.92 Å². The molecule has 1 aliphatic heterocycles. The van der Waals surface area contributed by atoms with Crippen LogP contribution in [0.25, 0.3) is 0 Å².